The van der Waals surface area contributed by atoms with Crippen LogP contribution in [0.1, 0.15) is 41.5 Å². The Labute approximate surface area is 103 Å². The van der Waals surface area contributed by atoms with Crippen molar-refractivity contribution in [3.63, 3.8) is 0 Å². The second kappa shape index (κ2) is 5.49. The third-order valence-electron chi connectivity index (χ3n) is 2.69. The molecule has 100 valence electrons. The van der Waals surface area contributed by atoms with Crippen molar-refractivity contribution < 1.29 is 14.3 Å². The molecule has 0 aromatic carbocycles. The Morgan fingerprint density at radius 3 is 2.00 bits per heavy atom. The lowest BCUT2D eigenvalue weighted by Crippen LogP contribution is -2.58. The molecule has 0 radical (unpaired) electrons. The van der Waals surface area contributed by atoms with Crippen LogP contribution in [0.2, 0.25) is 0 Å². The van der Waals surface area contributed by atoms with Crippen LogP contribution in [0.25, 0.3) is 0 Å². The zero-order valence-corrected chi connectivity index (χ0v) is 11.6. The van der Waals surface area contributed by atoms with Crippen molar-refractivity contribution in [3.8, 4) is 0 Å². The van der Waals surface area contributed by atoms with E-state index in [1.807, 2.05) is 13.8 Å². The van der Waals surface area contributed by atoms with Crippen LogP contribution in [0.15, 0.2) is 0 Å². The fourth-order valence-corrected chi connectivity index (χ4v) is 1.21. The minimum Gasteiger partial charge on any atom is -0.459 e. The molecule has 0 aromatic heterocycles. The summed E-state index contributed by atoms with van der Waals surface area (Å²) in [5.41, 5.74) is 3.90. The summed E-state index contributed by atoms with van der Waals surface area (Å²) in [6, 6.07) is 0. The molecule has 1 amide bonds. The Hall–Kier alpha value is -1.10. The molecule has 5 heteroatoms. The quantitative estimate of drug-likeness (QED) is 0.701. The first-order valence-electron chi connectivity index (χ1n) is 5.76. The molecule has 0 heterocycles. The zero-order valence-electron chi connectivity index (χ0n) is 11.6. The summed E-state index contributed by atoms with van der Waals surface area (Å²) in [6.45, 7) is 10.8. The van der Waals surface area contributed by atoms with E-state index >= 15 is 0 Å². The lowest BCUT2D eigenvalue weighted by Gasteiger charge is -2.31. The molecule has 0 fully saturated rings. The second-order valence-corrected chi connectivity index (χ2v) is 5.66. The first kappa shape index (κ1) is 15.9. The minimum atomic E-state index is -0.906. The van der Waals surface area contributed by atoms with Gasteiger partial charge in [-0.2, -0.15) is 0 Å². The Morgan fingerprint density at radius 2 is 1.71 bits per heavy atom. The van der Waals surface area contributed by atoms with Gasteiger partial charge in [-0.15, -0.1) is 0 Å². The van der Waals surface area contributed by atoms with Crippen LogP contribution in [0, 0.1) is 5.92 Å². The SMILES string of the molecule is CC(C)C(C)(NCC(=O)OC(C)(C)C)C(N)=O. The standard InChI is InChI=1S/C12H24N2O3/c1-8(2)12(6,10(13)16)14-7-9(15)17-11(3,4)5/h8,14H,7H2,1-6H3,(H2,13,16). The lowest BCUT2D eigenvalue weighted by atomic mass is 9.88. The van der Waals surface area contributed by atoms with Gasteiger partial charge in [0.05, 0.1) is 12.1 Å². The molecular weight excluding hydrogens is 220 g/mol. The molecular formula is C12H24N2O3. The highest BCUT2D eigenvalue weighted by atomic mass is 16.6. The van der Waals surface area contributed by atoms with Gasteiger partial charge in [0, 0.05) is 0 Å². The van der Waals surface area contributed by atoms with E-state index in [1.54, 1.807) is 27.7 Å². The number of carbonyl (C=O) groups excluding carboxylic acids is 2. The first-order valence-corrected chi connectivity index (χ1v) is 5.76. The van der Waals surface area contributed by atoms with Gasteiger partial charge in [-0.3, -0.25) is 14.9 Å². The molecule has 0 aliphatic rings. The summed E-state index contributed by atoms with van der Waals surface area (Å²) < 4.78 is 5.14. The third-order valence-corrected chi connectivity index (χ3v) is 2.69. The van der Waals surface area contributed by atoms with Gasteiger partial charge >= 0.3 is 5.97 Å². The van der Waals surface area contributed by atoms with E-state index in [4.69, 9.17) is 10.5 Å². The van der Waals surface area contributed by atoms with E-state index < -0.39 is 23.0 Å². The number of nitrogens with one attached hydrogen (secondary N) is 1. The molecule has 1 unspecified atom stereocenters. The molecule has 0 aliphatic carbocycles. The summed E-state index contributed by atoms with van der Waals surface area (Å²) in [5.74, 6) is -0.885. The van der Waals surface area contributed by atoms with Crippen molar-refractivity contribution in [2.45, 2.75) is 52.7 Å². The Bertz CT molecular complexity index is 295. The van der Waals surface area contributed by atoms with Gasteiger partial charge < -0.3 is 10.5 Å². The summed E-state index contributed by atoms with van der Waals surface area (Å²) in [7, 11) is 0. The van der Waals surface area contributed by atoms with Gasteiger partial charge in [-0.25, -0.2) is 0 Å². The maximum absolute atomic E-state index is 11.5. The maximum Gasteiger partial charge on any atom is 0.320 e. The molecule has 3 N–H and O–H groups in total. The van der Waals surface area contributed by atoms with Crippen LogP contribution >= 0.6 is 0 Å². The van der Waals surface area contributed by atoms with Crippen molar-refractivity contribution in [1.29, 1.82) is 0 Å². The smallest absolute Gasteiger partial charge is 0.320 e. The average molecular weight is 244 g/mol. The summed E-state index contributed by atoms with van der Waals surface area (Å²) >= 11 is 0. The molecule has 0 bridgehead atoms. The molecule has 0 saturated heterocycles. The molecule has 0 aromatic rings. The number of hydrogen-bond donors (Lipinski definition) is 2. The number of primary amides is 1. The van der Waals surface area contributed by atoms with Crippen molar-refractivity contribution in [1.82, 2.24) is 5.32 Å². The topological polar surface area (TPSA) is 81.4 Å². The van der Waals surface area contributed by atoms with Crippen molar-refractivity contribution in [2.75, 3.05) is 6.54 Å². The van der Waals surface area contributed by atoms with Gasteiger partial charge in [0.25, 0.3) is 0 Å². The molecule has 0 spiro atoms. The van der Waals surface area contributed by atoms with Crippen LogP contribution in [0.3, 0.4) is 0 Å². The minimum absolute atomic E-state index is 0.0116. The summed E-state index contributed by atoms with van der Waals surface area (Å²) in [5, 5.41) is 2.87. The number of rotatable bonds is 5. The van der Waals surface area contributed by atoms with Crippen LogP contribution in [-0.4, -0.2) is 29.6 Å². The Balaban J connectivity index is 4.44. The molecule has 0 rings (SSSR count). The molecule has 1 atom stereocenters. The van der Waals surface area contributed by atoms with Crippen LogP contribution < -0.4 is 11.1 Å². The van der Waals surface area contributed by atoms with Gasteiger partial charge in [0.15, 0.2) is 0 Å². The number of nitrogens with two attached hydrogens (primary N) is 1. The van der Waals surface area contributed by atoms with Crippen molar-refractivity contribution in [3.05, 3.63) is 0 Å². The van der Waals surface area contributed by atoms with E-state index in [9.17, 15) is 9.59 Å². The van der Waals surface area contributed by atoms with Gasteiger partial charge in [-0.05, 0) is 33.6 Å². The van der Waals surface area contributed by atoms with E-state index in [-0.39, 0.29) is 12.5 Å². The van der Waals surface area contributed by atoms with Crippen LogP contribution in [0.4, 0.5) is 0 Å². The molecule has 0 saturated carbocycles. The highest BCUT2D eigenvalue weighted by Crippen LogP contribution is 2.15. The second-order valence-electron chi connectivity index (χ2n) is 5.66. The predicted octanol–water partition coefficient (Wildman–Crippen LogP) is 0.818. The predicted molar refractivity (Wildman–Crippen MR) is 66.3 cm³/mol. The normalized spacial score (nSPS) is 15.5. The monoisotopic (exact) mass is 244 g/mol. The van der Waals surface area contributed by atoms with E-state index in [2.05, 4.69) is 5.32 Å². The highest BCUT2D eigenvalue weighted by Gasteiger charge is 2.35. The van der Waals surface area contributed by atoms with E-state index in [0.717, 1.165) is 0 Å². The Morgan fingerprint density at radius 1 is 1.24 bits per heavy atom. The zero-order chi connectivity index (χ0) is 13.9. The number of esters is 1. The van der Waals surface area contributed by atoms with E-state index in [1.165, 1.54) is 0 Å². The summed E-state index contributed by atoms with van der Waals surface area (Å²) in [4.78, 5) is 22.9. The summed E-state index contributed by atoms with van der Waals surface area (Å²) in [6.07, 6.45) is 0. The molecule has 5 nitrogen and oxygen atoms in total. The number of ether oxygens (including phenoxy) is 1. The number of hydrogen-bond acceptors (Lipinski definition) is 4. The van der Waals surface area contributed by atoms with Crippen LogP contribution in [0.5, 0.6) is 0 Å². The van der Waals surface area contributed by atoms with E-state index in [0.29, 0.717) is 0 Å². The lowest BCUT2D eigenvalue weighted by molar-refractivity contribution is -0.154. The largest absolute Gasteiger partial charge is 0.459 e. The fourth-order valence-electron chi connectivity index (χ4n) is 1.21. The highest BCUT2D eigenvalue weighted by molar-refractivity contribution is 5.85. The third kappa shape index (κ3) is 5.17. The van der Waals surface area contributed by atoms with Gasteiger partial charge in [0.1, 0.15) is 5.60 Å². The fraction of sp³-hybridized carbons (Fsp3) is 0.833. The van der Waals surface area contributed by atoms with Gasteiger partial charge in [0.2, 0.25) is 5.91 Å². The first-order chi connectivity index (χ1) is 7.49. The van der Waals surface area contributed by atoms with Gasteiger partial charge in [-0.1, -0.05) is 13.8 Å². The molecule has 0 aliphatic heterocycles. The van der Waals surface area contributed by atoms with Crippen molar-refractivity contribution in [2.24, 2.45) is 11.7 Å². The number of carbonyl (C=O) groups is 2. The Kier molecular flexibility index (Phi) is 5.13. The van der Waals surface area contributed by atoms with Crippen LogP contribution in [-0.2, 0) is 14.3 Å². The molecule has 17 heavy (non-hydrogen) atoms. The average Bonchev–Trinajstić information content (AvgIpc) is 2.10. The van der Waals surface area contributed by atoms with Crippen molar-refractivity contribution >= 4 is 11.9 Å². The number of amides is 1. The maximum atomic E-state index is 11.5.